The minimum atomic E-state index is -1.06. The van der Waals surface area contributed by atoms with Crippen LogP contribution in [0.2, 0.25) is 0 Å². The van der Waals surface area contributed by atoms with Gasteiger partial charge in [-0.25, -0.2) is 4.79 Å². The highest BCUT2D eigenvalue weighted by Crippen LogP contribution is 2.22. The fraction of sp³-hybridized carbons (Fsp3) is 0.400. The van der Waals surface area contributed by atoms with Crippen LogP contribution in [0.25, 0.3) is 0 Å². The number of benzene rings is 2. The van der Waals surface area contributed by atoms with Crippen LogP contribution >= 0.6 is 0 Å². The zero-order valence-corrected chi connectivity index (χ0v) is 19.7. The quantitative estimate of drug-likeness (QED) is 0.541. The van der Waals surface area contributed by atoms with Gasteiger partial charge in [-0.3, -0.25) is 19.9 Å². The number of hydrogen-bond donors (Lipinski definition) is 2. The first kappa shape index (κ1) is 24.3. The molecule has 0 aromatic heterocycles. The number of carbonyl (C=O) groups excluding carboxylic acids is 3. The molecule has 176 valence electrons. The Hall–Kier alpha value is -3.39. The van der Waals surface area contributed by atoms with Crippen molar-refractivity contribution in [2.75, 3.05) is 26.7 Å². The lowest BCUT2D eigenvalue weighted by atomic mass is 9.93. The Morgan fingerprint density at radius 1 is 1.12 bits per heavy atom. The Labute approximate surface area is 194 Å². The van der Waals surface area contributed by atoms with E-state index in [0.717, 1.165) is 27.4 Å². The van der Waals surface area contributed by atoms with Gasteiger partial charge in [-0.2, -0.15) is 5.01 Å². The average molecular weight is 453 g/mol. The van der Waals surface area contributed by atoms with Crippen molar-refractivity contribution in [1.29, 1.82) is 0 Å². The molecule has 1 saturated heterocycles. The average Bonchev–Trinajstić information content (AvgIpc) is 2.95. The summed E-state index contributed by atoms with van der Waals surface area (Å²) < 4.78 is 5.78. The first-order chi connectivity index (χ1) is 15.7. The lowest BCUT2D eigenvalue weighted by molar-refractivity contribution is -0.139. The maximum Gasteiger partial charge on any atom is 0.344 e. The third kappa shape index (κ3) is 6.55. The molecule has 2 aromatic rings. The number of likely N-dealkylation sites (N-methyl/N-ethyl adjacent to an activating group) is 1. The van der Waals surface area contributed by atoms with E-state index in [4.69, 9.17) is 4.74 Å². The van der Waals surface area contributed by atoms with Crippen molar-refractivity contribution in [2.45, 2.75) is 39.2 Å². The topological polar surface area (TPSA) is 91.0 Å². The van der Waals surface area contributed by atoms with E-state index in [-0.39, 0.29) is 6.54 Å². The molecular weight excluding hydrogens is 420 g/mol. The molecule has 1 unspecified atom stereocenters. The van der Waals surface area contributed by atoms with E-state index in [0.29, 0.717) is 26.0 Å². The van der Waals surface area contributed by atoms with E-state index in [2.05, 4.69) is 16.8 Å². The number of hydrogen-bond acceptors (Lipinski definition) is 5. The molecule has 2 aromatic carbocycles. The van der Waals surface area contributed by atoms with Gasteiger partial charge in [0.05, 0.1) is 6.54 Å². The number of nitrogens with one attached hydrogen (secondary N) is 2. The Kier molecular flexibility index (Phi) is 7.71. The number of imide groups is 1. The van der Waals surface area contributed by atoms with Crippen LogP contribution in [0.1, 0.15) is 30.0 Å². The Morgan fingerprint density at radius 2 is 1.79 bits per heavy atom. The minimum Gasteiger partial charge on any atom is -0.492 e. The zero-order chi connectivity index (χ0) is 24.0. The number of rotatable bonds is 10. The lowest BCUT2D eigenvalue weighted by Gasteiger charge is -2.22. The molecule has 1 aliphatic rings. The molecule has 1 aliphatic heterocycles. The molecule has 0 spiro atoms. The van der Waals surface area contributed by atoms with Crippen molar-refractivity contribution < 1.29 is 19.1 Å². The van der Waals surface area contributed by atoms with Gasteiger partial charge in [0.25, 0.3) is 11.8 Å². The number of aryl methyl sites for hydroxylation is 3. The van der Waals surface area contributed by atoms with Crippen LogP contribution in [0, 0.1) is 13.8 Å². The summed E-state index contributed by atoms with van der Waals surface area (Å²) in [6.45, 7) is 6.65. The van der Waals surface area contributed by atoms with Crippen molar-refractivity contribution in [3.8, 4) is 5.75 Å². The number of nitrogens with zero attached hydrogens (tertiary/aromatic N) is 2. The maximum atomic E-state index is 12.9. The van der Waals surface area contributed by atoms with E-state index in [1.54, 1.807) is 18.9 Å². The molecule has 1 heterocycles. The zero-order valence-electron chi connectivity index (χ0n) is 19.7. The van der Waals surface area contributed by atoms with Gasteiger partial charge < -0.3 is 10.1 Å². The predicted octanol–water partition coefficient (Wildman–Crippen LogP) is 2.59. The van der Waals surface area contributed by atoms with Gasteiger partial charge >= 0.3 is 6.03 Å². The Balaban J connectivity index is 1.45. The maximum absolute atomic E-state index is 12.9. The van der Waals surface area contributed by atoms with Gasteiger partial charge in [-0.05, 0) is 69.5 Å². The van der Waals surface area contributed by atoms with Crippen LogP contribution in [0.5, 0.6) is 5.75 Å². The normalized spacial score (nSPS) is 17.9. The van der Waals surface area contributed by atoms with Gasteiger partial charge in [0.2, 0.25) is 0 Å². The monoisotopic (exact) mass is 452 g/mol. The first-order valence-electron chi connectivity index (χ1n) is 11.1. The minimum absolute atomic E-state index is 0.0218. The molecule has 0 aliphatic carbocycles. The molecule has 8 heteroatoms. The van der Waals surface area contributed by atoms with Crippen molar-refractivity contribution in [3.63, 3.8) is 0 Å². The SMILES string of the molecule is Cc1cc(C)cc(OCCN(C)CC(=O)NN2C(=O)NC(C)(CCc3ccccc3)C2=O)c1. The van der Waals surface area contributed by atoms with E-state index in [1.165, 1.54) is 0 Å². The molecule has 33 heavy (non-hydrogen) atoms. The van der Waals surface area contributed by atoms with Gasteiger partial charge in [0, 0.05) is 6.54 Å². The molecule has 4 amide bonds. The molecule has 1 atom stereocenters. The van der Waals surface area contributed by atoms with Crippen molar-refractivity contribution in [3.05, 3.63) is 65.2 Å². The summed E-state index contributed by atoms with van der Waals surface area (Å²) in [7, 11) is 1.78. The molecule has 3 rings (SSSR count). The van der Waals surface area contributed by atoms with Gasteiger partial charge in [-0.15, -0.1) is 0 Å². The molecule has 0 saturated carbocycles. The summed E-state index contributed by atoms with van der Waals surface area (Å²) in [5.41, 5.74) is 4.70. The van der Waals surface area contributed by atoms with Crippen LogP contribution < -0.4 is 15.5 Å². The van der Waals surface area contributed by atoms with E-state index < -0.39 is 23.4 Å². The third-order valence-electron chi connectivity index (χ3n) is 5.60. The van der Waals surface area contributed by atoms with E-state index >= 15 is 0 Å². The molecule has 8 nitrogen and oxygen atoms in total. The standard InChI is InChI=1S/C25H32N4O4/c1-18-14-19(2)16-21(15-18)33-13-12-28(4)17-22(30)27-29-23(31)25(3,26-24(29)32)11-10-20-8-6-5-7-9-20/h5-9,14-16H,10-13,17H2,1-4H3,(H,26,32)(H,27,30). The summed E-state index contributed by atoms with van der Waals surface area (Å²) in [5, 5.41) is 3.49. The number of amides is 4. The first-order valence-corrected chi connectivity index (χ1v) is 11.1. The highest BCUT2D eigenvalue weighted by atomic mass is 16.5. The molecule has 2 N–H and O–H groups in total. The van der Waals surface area contributed by atoms with Gasteiger partial charge in [0.1, 0.15) is 17.9 Å². The second-order valence-corrected chi connectivity index (χ2v) is 8.83. The third-order valence-corrected chi connectivity index (χ3v) is 5.60. The fourth-order valence-corrected chi connectivity index (χ4v) is 3.81. The largest absolute Gasteiger partial charge is 0.492 e. The summed E-state index contributed by atoms with van der Waals surface area (Å²) in [4.78, 5) is 39.4. The van der Waals surface area contributed by atoms with Crippen LogP contribution in [0.15, 0.2) is 48.5 Å². The Morgan fingerprint density at radius 3 is 2.45 bits per heavy atom. The second-order valence-electron chi connectivity index (χ2n) is 8.83. The molecule has 1 fully saturated rings. The Bertz CT molecular complexity index is 990. The molecule has 0 radical (unpaired) electrons. The number of hydrazine groups is 1. The van der Waals surface area contributed by atoms with Crippen LogP contribution in [0.3, 0.4) is 0 Å². The highest BCUT2D eigenvalue weighted by Gasteiger charge is 2.48. The fourth-order valence-electron chi connectivity index (χ4n) is 3.81. The van der Waals surface area contributed by atoms with E-state index in [9.17, 15) is 14.4 Å². The summed E-state index contributed by atoms with van der Waals surface area (Å²) in [6.07, 6.45) is 1.07. The highest BCUT2D eigenvalue weighted by molar-refractivity contribution is 6.07. The second kappa shape index (κ2) is 10.5. The summed E-state index contributed by atoms with van der Waals surface area (Å²) in [5.74, 6) is -0.114. The number of carbonyl (C=O) groups is 3. The van der Waals surface area contributed by atoms with Gasteiger partial charge in [-0.1, -0.05) is 36.4 Å². The van der Waals surface area contributed by atoms with E-state index in [1.807, 2.05) is 56.3 Å². The smallest absolute Gasteiger partial charge is 0.344 e. The lowest BCUT2D eigenvalue weighted by Crippen LogP contribution is -2.51. The predicted molar refractivity (Wildman–Crippen MR) is 126 cm³/mol. The number of ether oxygens (including phenoxy) is 1. The summed E-state index contributed by atoms with van der Waals surface area (Å²) in [6, 6.07) is 15.1. The van der Waals surface area contributed by atoms with Crippen LogP contribution in [0.4, 0.5) is 4.79 Å². The summed E-state index contributed by atoms with van der Waals surface area (Å²) >= 11 is 0. The van der Waals surface area contributed by atoms with Gasteiger partial charge in [0.15, 0.2) is 0 Å². The van der Waals surface area contributed by atoms with Crippen molar-refractivity contribution in [2.24, 2.45) is 0 Å². The number of urea groups is 1. The molecule has 0 bridgehead atoms. The van der Waals surface area contributed by atoms with Crippen LogP contribution in [-0.2, 0) is 16.0 Å². The van der Waals surface area contributed by atoms with Crippen molar-refractivity contribution >= 4 is 17.8 Å². The van der Waals surface area contributed by atoms with Crippen molar-refractivity contribution in [1.82, 2.24) is 20.7 Å². The van der Waals surface area contributed by atoms with Crippen LogP contribution in [-0.4, -0.2) is 60.0 Å². The molecular formula is C25H32N4O4.